The number of hydrogen-bond donors (Lipinski definition) is 2. The Labute approximate surface area is 110 Å². The van der Waals surface area contributed by atoms with E-state index in [0.717, 1.165) is 38.8 Å². The van der Waals surface area contributed by atoms with Crippen molar-refractivity contribution in [2.45, 2.75) is 57.5 Å². The van der Waals surface area contributed by atoms with Crippen LogP contribution in [0, 0.1) is 5.92 Å². The first-order valence-electron chi connectivity index (χ1n) is 7.36. The first-order valence-corrected chi connectivity index (χ1v) is 7.36. The van der Waals surface area contributed by atoms with Crippen LogP contribution in [0.2, 0.25) is 0 Å². The zero-order valence-corrected chi connectivity index (χ0v) is 11.6. The quantitative estimate of drug-likeness (QED) is 0.582. The van der Waals surface area contributed by atoms with E-state index < -0.39 is 5.60 Å². The predicted molar refractivity (Wildman–Crippen MR) is 74.5 cm³/mol. The van der Waals surface area contributed by atoms with E-state index in [-0.39, 0.29) is 0 Å². The third kappa shape index (κ3) is 3.61. The average Bonchev–Trinajstić information content (AvgIpc) is 2.37. The summed E-state index contributed by atoms with van der Waals surface area (Å²) >= 11 is 0. The van der Waals surface area contributed by atoms with Crippen LogP contribution < -0.4 is 5.73 Å². The van der Waals surface area contributed by atoms with Crippen LogP contribution in [0.25, 0.3) is 0 Å². The number of aliphatic imine (C=N–C) groups is 1. The summed E-state index contributed by atoms with van der Waals surface area (Å²) in [6, 6.07) is 0. The summed E-state index contributed by atoms with van der Waals surface area (Å²) in [5.74, 6) is 1.32. The molecular weight excluding hydrogens is 226 g/mol. The minimum absolute atomic E-state index is 0.476. The van der Waals surface area contributed by atoms with Gasteiger partial charge in [-0.1, -0.05) is 26.2 Å². The molecular formula is C14H27N3O. The van der Waals surface area contributed by atoms with E-state index in [2.05, 4.69) is 16.8 Å². The van der Waals surface area contributed by atoms with Crippen LogP contribution in [0.3, 0.4) is 0 Å². The molecule has 0 aromatic heterocycles. The highest BCUT2D eigenvalue weighted by molar-refractivity contribution is 5.78. The van der Waals surface area contributed by atoms with Gasteiger partial charge in [0.2, 0.25) is 0 Å². The van der Waals surface area contributed by atoms with Crippen LogP contribution >= 0.6 is 0 Å². The first kappa shape index (κ1) is 13.7. The summed E-state index contributed by atoms with van der Waals surface area (Å²) in [5, 5.41) is 10.4. The van der Waals surface area contributed by atoms with Gasteiger partial charge in [0.05, 0.1) is 12.1 Å². The van der Waals surface area contributed by atoms with E-state index in [9.17, 15) is 5.11 Å². The summed E-state index contributed by atoms with van der Waals surface area (Å²) in [7, 11) is 0. The number of hydrogen-bond acceptors (Lipinski definition) is 2. The van der Waals surface area contributed by atoms with Gasteiger partial charge in [-0.25, -0.2) is 0 Å². The van der Waals surface area contributed by atoms with Crippen molar-refractivity contribution in [1.82, 2.24) is 4.90 Å². The van der Waals surface area contributed by atoms with Gasteiger partial charge in [-0.15, -0.1) is 0 Å². The minimum atomic E-state index is -0.593. The molecule has 1 heterocycles. The second-order valence-corrected chi connectivity index (χ2v) is 6.15. The number of rotatable bonds is 2. The third-order valence-corrected chi connectivity index (χ3v) is 4.30. The van der Waals surface area contributed by atoms with E-state index in [4.69, 9.17) is 5.73 Å². The minimum Gasteiger partial charge on any atom is -0.388 e. The van der Waals surface area contributed by atoms with Gasteiger partial charge in [-0.2, -0.15) is 0 Å². The van der Waals surface area contributed by atoms with Gasteiger partial charge >= 0.3 is 0 Å². The Hall–Kier alpha value is -0.770. The van der Waals surface area contributed by atoms with Crippen molar-refractivity contribution in [3.8, 4) is 0 Å². The maximum absolute atomic E-state index is 10.4. The molecule has 2 aliphatic rings. The smallest absolute Gasteiger partial charge is 0.191 e. The fourth-order valence-electron chi connectivity index (χ4n) is 3.09. The van der Waals surface area contributed by atoms with Gasteiger partial charge in [0.25, 0.3) is 0 Å². The number of piperidine rings is 1. The zero-order valence-electron chi connectivity index (χ0n) is 11.6. The summed E-state index contributed by atoms with van der Waals surface area (Å²) in [4.78, 5) is 6.62. The van der Waals surface area contributed by atoms with Crippen LogP contribution in [0.1, 0.15) is 51.9 Å². The van der Waals surface area contributed by atoms with Crippen LogP contribution in [0.4, 0.5) is 0 Å². The molecule has 1 atom stereocenters. The van der Waals surface area contributed by atoms with E-state index in [1.165, 1.54) is 19.3 Å². The van der Waals surface area contributed by atoms with Crippen LogP contribution in [-0.2, 0) is 0 Å². The van der Waals surface area contributed by atoms with Crippen molar-refractivity contribution in [1.29, 1.82) is 0 Å². The molecule has 4 heteroatoms. The molecule has 18 heavy (non-hydrogen) atoms. The Balaban J connectivity index is 1.87. The number of likely N-dealkylation sites (tertiary alicyclic amines) is 1. The Kier molecular flexibility index (Phi) is 4.49. The number of nitrogens with two attached hydrogens (primary N) is 1. The fraction of sp³-hybridized carbons (Fsp3) is 0.929. The maximum Gasteiger partial charge on any atom is 0.191 e. The molecule has 2 fully saturated rings. The molecule has 2 rings (SSSR count). The van der Waals surface area contributed by atoms with Gasteiger partial charge in [-0.05, 0) is 31.6 Å². The molecule has 0 bridgehead atoms. The van der Waals surface area contributed by atoms with E-state index >= 15 is 0 Å². The molecule has 3 N–H and O–H groups in total. The van der Waals surface area contributed by atoms with E-state index in [0.29, 0.717) is 18.4 Å². The Morgan fingerprint density at radius 3 is 2.72 bits per heavy atom. The molecule has 4 nitrogen and oxygen atoms in total. The highest BCUT2D eigenvalue weighted by atomic mass is 16.3. The maximum atomic E-state index is 10.4. The highest BCUT2D eigenvalue weighted by Crippen LogP contribution is 2.28. The number of guanidine groups is 1. The van der Waals surface area contributed by atoms with Crippen LogP contribution in [-0.4, -0.2) is 41.2 Å². The van der Waals surface area contributed by atoms with E-state index in [1.54, 1.807) is 0 Å². The molecule has 1 aliphatic carbocycles. The molecule has 0 spiro atoms. The SMILES string of the molecule is CC1CCCN(C(N)=NCC2(O)CCCCC2)C1. The molecule has 0 amide bonds. The Morgan fingerprint density at radius 1 is 1.33 bits per heavy atom. The van der Waals surface area contributed by atoms with Crippen molar-refractivity contribution < 1.29 is 5.11 Å². The molecule has 1 saturated carbocycles. The van der Waals surface area contributed by atoms with Crippen molar-refractivity contribution in [3.63, 3.8) is 0 Å². The van der Waals surface area contributed by atoms with Gasteiger partial charge in [-0.3, -0.25) is 4.99 Å². The van der Waals surface area contributed by atoms with Crippen molar-refractivity contribution in [3.05, 3.63) is 0 Å². The topological polar surface area (TPSA) is 61.8 Å². The Morgan fingerprint density at radius 2 is 2.06 bits per heavy atom. The van der Waals surface area contributed by atoms with Gasteiger partial charge in [0.1, 0.15) is 0 Å². The van der Waals surface area contributed by atoms with E-state index in [1.807, 2.05) is 0 Å². The third-order valence-electron chi connectivity index (χ3n) is 4.30. The highest BCUT2D eigenvalue weighted by Gasteiger charge is 2.29. The summed E-state index contributed by atoms with van der Waals surface area (Å²) in [6.07, 6.45) is 7.71. The normalized spacial score (nSPS) is 29.3. The molecule has 1 aliphatic heterocycles. The monoisotopic (exact) mass is 253 g/mol. The lowest BCUT2D eigenvalue weighted by molar-refractivity contribution is 0.0129. The van der Waals surface area contributed by atoms with Crippen molar-refractivity contribution in [2.24, 2.45) is 16.6 Å². The lowest BCUT2D eigenvalue weighted by atomic mass is 9.85. The van der Waals surface area contributed by atoms with Crippen LogP contribution in [0.5, 0.6) is 0 Å². The predicted octanol–water partition coefficient (Wildman–Crippen LogP) is 1.73. The molecule has 1 unspecified atom stereocenters. The van der Waals surface area contributed by atoms with Gasteiger partial charge in [0.15, 0.2) is 5.96 Å². The summed E-state index contributed by atoms with van der Waals surface area (Å²) in [5.41, 5.74) is 5.46. The summed E-state index contributed by atoms with van der Waals surface area (Å²) < 4.78 is 0. The number of nitrogens with zero attached hydrogens (tertiary/aromatic N) is 2. The van der Waals surface area contributed by atoms with Crippen LogP contribution in [0.15, 0.2) is 4.99 Å². The standard InChI is InChI=1S/C14H27N3O/c1-12-6-5-9-17(10-12)13(15)16-11-14(18)7-3-2-4-8-14/h12,18H,2-11H2,1H3,(H2,15,16). The average molecular weight is 253 g/mol. The molecule has 0 aromatic carbocycles. The zero-order chi connectivity index (χ0) is 13.0. The Bertz CT molecular complexity index is 297. The largest absolute Gasteiger partial charge is 0.388 e. The lowest BCUT2D eigenvalue weighted by Crippen LogP contribution is -2.44. The second-order valence-electron chi connectivity index (χ2n) is 6.15. The first-order chi connectivity index (χ1) is 8.59. The van der Waals surface area contributed by atoms with Crippen molar-refractivity contribution in [2.75, 3.05) is 19.6 Å². The number of aliphatic hydroxyl groups is 1. The molecule has 0 radical (unpaired) electrons. The lowest BCUT2D eigenvalue weighted by Gasteiger charge is -2.33. The second kappa shape index (κ2) is 5.91. The molecule has 104 valence electrons. The van der Waals surface area contributed by atoms with Gasteiger partial charge in [0, 0.05) is 13.1 Å². The van der Waals surface area contributed by atoms with Gasteiger partial charge < -0.3 is 15.7 Å². The summed E-state index contributed by atoms with van der Waals surface area (Å²) in [6.45, 7) is 4.75. The fourth-order valence-corrected chi connectivity index (χ4v) is 3.09. The molecule has 0 aromatic rings. The van der Waals surface area contributed by atoms with Crippen molar-refractivity contribution >= 4 is 5.96 Å². The molecule has 1 saturated heterocycles.